The van der Waals surface area contributed by atoms with Crippen molar-refractivity contribution in [3.8, 4) is 0 Å². The zero-order chi connectivity index (χ0) is 11.7. The van der Waals surface area contributed by atoms with E-state index in [1.165, 1.54) is 43.6 Å². The summed E-state index contributed by atoms with van der Waals surface area (Å²) in [7, 11) is 0. The third-order valence-corrected chi connectivity index (χ3v) is 4.35. The molecule has 0 atom stereocenters. The van der Waals surface area contributed by atoms with Crippen LogP contribution in [0.2, 0.25) is 0 Å². The van der Waals surface area contributed by atoms with E-state index >= 15 is 0 Å². The smallest absolute Gasteiger partial charge is 0.0366 e. The highest BCUT2D eigenvalue weighted by Gasteiger charge is 2.47. The quantitative estimate of drug-likeness (QED) is 0.855. The Morgan fingerprint density at radius 2 is 1.88 bits per heavy atom. The number of rotatable bonds is 4. The van der Waals surface area contributed by atoms with Crippen LogP contribution < -0.4 is 10.2 Å². The van der Waals surface area contributed by atoms with Gasteiger partial charge < -0.3 is 10.2 Å². The molecule has 1 aliphatic carbocycles. The van der Waals surface area contributed by atoms with E-state index < -0.39 is 0 Å². The topological polar surface area (TPSA) is 15.3 Å². The van der Waals surface area contributed by atoms with Gasteiger partial charge in [0.1, 0.15) is 0 Å². The van der Waals surface area contributed by atoms with Gasteiger partial charge in [-0.3, -0.25) is 0 Å². The molecule has 0 aromatic heterocycles. The van der Waals surface area contributed by atoms with Gasteiger partial charge in [0, 0.05) is 30.7 Å². The van der Waals surface area contributed by atoms with Gasteiger partial charge in [-0.2, -0.15) is 0 Å². The Kier molecular flexibility index (Phi) is 2.83. The minimum atomic E-state index is 0.725. The highest BCUT2D eigenvalue weighted by molar-refractivity contribution is 5.51. The van der Waals surface area contributed by atoms with Crippen LogP contribution in [0.25, 0.3) is 0 Å². The number of anilines is 1. The summed E-state index contributed by atoms with van der Waals surface area (Å²) >= 11 is 0. The van der Waals surface area contributed by atoms with Crippen LogP contribution >= 0.6 is 0 Å². The molecule has 2 nitrogen and oxygen atoms in total. The lowest BCUT2D eigenvalue weighted by Gasteiger charge is -2.57. The first-order valence-electron chi connectivity index (χ1n) is 6.86. The fraction of sp³-hybridized carbons (Fsp3) is 0.600. The van der Waals surface area contributed by atoms with E-state index in [9.17, 15) is 0 Å². The average molecular weight is 230 g/mol. The summed E-state index contributed by atoms with van der Waals surface area (Å²) in [4.78, 5) is 2.52. The van der Waals surface area contributed by atoms with Crippen molar-refractivity contribution in [2.75, 3.05) is 24.5 Å². The molecule has 0 amide bonds. The fourth-order valence-electron chi connectivity index (χ4n) is 3.03. The molecule has 1 aromatic rings. The first-order valence-corrected chi connectivity index (χ1v) is 6.86. The third kappa shape index (κ3) is 2.06. The highest BCUT2D eigenvalue weighted by Crippen LogP contribution is 2.49. The van der Waals surface area contributed by atoms with Gasteiger partial charge in [0.25, 0.3) is 0 Å². The highest BCUT2D eigenvalue weighted by atomic mass is 15.2. The maximum absolute atomic E-state index is 3.36. The summed E-state index contributed by atoms with van der Waals surface area (Å²) in [5.41, 5.74) is 3.51. The van der Waals surface area contributed by atoms with E-state index in [0.29, 0.717) is 0 Å². The fourth-order valence-corrected chi connectivity index (χ4v) is 3.03. The van der Waals surface area contributed by atoms with Crippen molar-refractivity contribution in [3.63, 3.8) is 0 Å². The van der Waals surface area contributed by atoms with Crippen molar-refractivity contribution in [1.82, 2.24) is 5.32 Å². The van der Waals surface area contributed by atoms with E-state index in [-0.39, 0.29) is 0 Å². The molecule has 1 saturated heterocycles. The molecule has 1 aliphatic heterocycles. The molecule has 92 valence electrons. The Bertz CT molecular complexity index is 370. The second-order valence-electron chi connectivity index (χ2n) is 5.66. The van der Waals surface area contributed by atoms with Gasteiger partial charge in [-0.1, -0.05) is 25.5 Å². The molecular formula is C15H22N2. The summed E-state index contributed by atoms with van der Waals surface area (Å²) in [6.45, 7) is 6.75. The van der Waals surface area contributed by atoms with Gasteiger partial charge in [0.15, 0.2) is 0 Å². The van der Waals surface area contributed by atoms with Crippen LogP contribution in [0, 0.1) is 5.41 Å². The first-order chi connectivity index (χ1) is 8.31. The summed E-state index contributed by atoms with van der Waals surface area (Å²) in [5, 5.41) is 3.36. The number of nitrogens with zero attached hydrogens (tertiary/aromatic N) is 1. The molecule has 0 bridgehead atoms. The van der Waals surface area contributed by atoms with Crippen molar-refractivity contribution in [2.24, 2.45) is 5.41 Å². The Labute approximate surface area is 104 Å². The summed E-state index contributed by atoms with van der Waals surface area (Å²) in [5.74, 6) is 0. The Morgan fingerprint density at radius 3 is 2.41 bits per heavy atom. The Balaban J connectivity index is 1.57. The van der Waals surface area contributed by atoms with Gasteiger partial charge in [-0.25, -0.2) is 0 Å². The van der Waals surface area contributed by atoms with Crippen molar-refractivity contribution >= 4 is 5.69 Å². The molecule has 3 rings (SSSR count). The summed E-state index contributed by atoms with van der Waals surface area (Å²) < 4.78 is 0. The zero-order valence-electron chi connectivity index (χ0n) is 10.7. The second kappa shape index (κ2) is 4.34. The number of hydrogen-bond acceptors (Lipinski definition) is 2. The molecule has 17 heavy (non-hydrogen) atoms. The number of benzene rings is 1. The van der Waals surface area contributed by atoms with Crippen LogP contribution in [0.15, 0.2) is 24.3 Å². The third-order valence-electron chi connectivity index (χ3n) is 4.35. The monoisotopic (exact) mass is 230 g/mol. The normalized spacial score (nSPS) is 21.1. The van der Waals surface area contributed by atoms with Crippen LogP contribution in [0.4, 0.5) is 5.69 Å². The first kappa shape index (κ1) is 11.1. The molecule has 2 aliphatic rings. The summed E-state index contributed by atoms with van der Waals surface area (Å²) in [6.07, 6.45) is 4.37. The number of hydrogen-bond donors (Lipinski definition) is 1. The van der Waals surface area contributed by atoms with E-state index in [1.54, 1.807) is 0 Å². The van der Waals surface area contributed by atoms with Gasteiger partial charge in [0.2, 0.25) is 0 Å². The Hall–Kier alpha value is -1.02. The summed E-state index contributed by atoms with van der Waals surface area (Å²) in [6, 6.07) is 9.06. The predicted octanol–water partition coefficient (Wildman–Crippen LogP) is 2.79. The van der Waals surface area contributed by atoms with Crippen LogP contribution in [0.1, 0.15) is 31.7 Å². The van der Waals surface area contributed by atoms with Crippen LogP contribution in [0.3, 0.4) is 0 Å². The molecule has 1 saturated carbocycles. The van der Waals surface area contributed by atoms with Gasteiger partial charge >= 0.3 is 0 Å². The van der Waals surface area contributed by atoms with Crippen molar-refractivity contribution in [3.05, 3.63) is 29.8 Å². The van der Waals surface area contributed by atoms with Gasteiger partial charge in [-0.05, 0) is 37.1 Å². The molecule has 0 radical (unpaired) electrons. The van der Waals surface area contributed by atoms with Gasteiger partial charge in [-0.15, -0.1) is 0 Å². The van der Waals surface area contributed by atoms with Crippen LogP contribution in [0.5, 0.6) is 0 Å². The van der Waals surface area contributed by atoms with Crippen molar-refractivity contribution in [1.29, 1.82) is 0 Å². The van der Waals surface area contributed by atoms with E-state index in [2.05, 4.69) is 41.4 Å². The van der Waals surface area contributed by atoms with Crippen molar-refractivity contribution < 1.29 is 0 Å². The van der Waals surface area contributed by atoms with Crippen LogP contribution in [-0.2, 0) is 6.54 Å². The lowest BCUT2D eigenvalue weighted by atomic mass is 9.63. The SMILES string of the molecule is CCNCc1ccc(N2CC3(CCC3)C2)cc1. The largest absolute Gasteiger partial charge is 0.370 e. The Morgan fingerprint density at radius 1 is 1.18 bits per heavy atom. The molecule has 0 unspecified atom stereocenters. The van der Waals surface area contributed by atoms with Crippen LogP contribution in [-0.4, -0.2) is 19.6 Å². The molecule has 1 aromatic carbocycles. The molecular weight excluding hydrogens is 208 g/mol. The molecule has 2 heteroatoms. The maximum atomic E-state index is 3.36. The van der Waals surface area contributed by atoms with E-state index in [1.807, 2.05) is 0 Å². The molecule has 1 heterocycles. The molecule has 1 spiro atoms. The minimum absolute atomic E-state index is 0.725. The lowest BCUT2D eigenvalue weighted by molar-refractivity contribution is 0.0904. The average Bonchev–Trinajstić information content (AvgIpc) is 2.24. The molecule has 1 N–H and O–H groups in total. The zero-order valence-corrected chi connectivity index (χ0v) is 10.7. The lowest BCUT2D eigenvalue weighted by Crippen LogP contribution is -2.59. The van der Waals surface area contributed by atoms with E-state index in [0.717, 1.165) is 18.5 Å². The van der Waals surface area contributed by atoms with E-state index in [4.69, 9.17) is 0 Å². The minimum Gasteiger partial charge on any atom is -0.370 e. The number of nitrogens with one attached hydrogen (secondary N) is 1. The standard InChI is InChI=1S/C15H22N2/c1-2-16-10-13-4-6-14(7-5-13)17-11-15(12-17)8-3-9-15/h4-7,16H,2-3,8-12H2,1H3. The predicted molar refractivity (Wildman–Crippen MR) is 72.3 cm³/mol. The van der Waals surface area contributed by atoms with Crippen molar-refractivity contribution in [2.45, 2.75) is 32.7 Å². The maximum Gasteiger partial charge on any atom is 0.0366 e. The van der Waals surface area contributed by atoms with Gasteiger partial charge in [0.05, 0.1) is 0 Å². The molecule has 2 fully saturated rings. The second-order valence-corrected chi connectivity index (χ2v) is 5.66.